The van der Waals surface area contributed by atoms with Crippen LogP contribution in [0, 0.1) is 21.4 Å². The number of H-pyrrole nitrogens is 1. The molecule has 0 spiro atoms. The molecule has 0 saturated heterocycles. The first-order chi connectivity index (χ1) is 16.1. The van der Waals surface area contributed by atoms with Gasteiger partial charge in [-0.3, -0.25) is 10.1 Å². The van der Waals surface area contributed by atoms with Crippen molar-refractivity contribution in [2.45, 2.75) is 13.5 Å². The molecule has 0 fully saturated rings. The molecule has 1 heterocycles. The third kappa shape index (κ3) is 4.83. The largest absolute Gasteiger partial charge is 0.490 e. The smallest absolute Gasteiger partial charge is 0.276 e. The van der Waals surface area contributed by atoms with Crippen LogP contribution in [0.4, 0.5) is 5.69 Å². The molecule has 0 radical (unpaired) electrons. The lowest BCUT2D eigenvalue weighted by Gasteiger charge is -2.13. The molecule has 0 aliphatic heterocycles. The van der Waals surface area contributed by atoms with Crippen LogP contribution < -0.4 is 9.47 Å². The molecule has 33 heavy (non-hydrogen) atoms. The quantitative estimate of drug-likeness (QED) is 0.219. The van der Waals surface area contributed by atoms with Crippen molar-refractivity contribution in [3.05, 3.63) is 93.8 Å². The van der Waals surface area contributed by atoms with E-state index in [-0.39, 0.29) is 12.3 Å². The highest BCUT2D eigenvalue weighted by molar-refractivity contribution is 5.90. The minimum absolute atomic E-state index is 0.000454. The monoisotopic (exact) mass is 440 g/mol. The van der Waals surface area contributed by atoms with Gasteiger partial charge in [-0.1, -0.05) is 30.3 Å². The highest BCUT2D eigenvalue weighted by atomic mass is 16.6. The van der Waals surface area contributed by atoms with Crippen molar-refractivity contribution in [3.8, 4) is 17.6 Å². The average molecular weight is 440 g/mol. The van der Waals surface area contributed by atoms with Gasteiger partial charge in [0.15, 0.2) is 11.5 Å². The van der Waals surface area contributed by atoms with Crippen LogP contribution in [-0.2, 0) is 6.61 Å². The fraction of sp³-hybridized carbons (Fsp3) is 0.120. The first kappa shape index (κ1) is 21.6. The number of hydrogen-bond acceptors (Lipinski definition) is 6. The number of nitrogens with zero attached hydrogens (tertiary/aromatic N) is 3. The van der Waals surface area contributed by atoms with Crippen LogP contribution in [0.5, 0.6) is 11.5 Å². The van der Waals surface area contributed by atoms with Gasteiger partial charge in [0, 0.05) is 6.07 Å². The molecule has 164 valence electrons. The Morgan fingerprint density at radius 3 is 2.67 bits per heavy atom. The summed E-state index contributed by atoms with van der Waals surface area (Å²) in [7, 11) is 0. The molecule has 8 nitrogen and oxygen atoms in total. The van der Waals surface area contributed by atoms with E-state index >= 15 is 0 Å². The van der Waals surface area contributed by atoms with Gasteiger partial charge in [-0.25, -0.2) is 4.98 Å². The first-order valence-corrected chi connectivity index (χ1v) is 10.3. The molecule has 1 aromatic heterocycles. The number of nitriles is 1. The SMILES string of the molecule is CCOc1cc(C=C(C#N)c2nc3ccccc3[nH]2)ccc1OCc1ccccc1[N+](=O)[O-]. The lowest BCUT2D eigenvalue weighted by atomic mass is 10.1. The minimum atomic E-state index is -0.433. The summed E-state index contributed by atoms with van der Waals surface area (Å²) in [6, 6.07) is 21.5. The van der Waals surface area contributed by atoms with E-state index in [2.05, 4.69) is 16.0 Å². The van der Waals surface area contributed by atoms with Gasteiger partial charge >= 0.3 is 0 Å². The van der Waals surface area contributed by atoms with Gasteiger partial charge in [-0.2, -0.15) is 5.26 Å². The molecule has 4 rings (SSSR count). The van der Waals surface area contributed by atoms with E-state index in [1.54, 1.807) is 42.5 Å². The molecule has 0 amide bonds. The van der Waals surface area contributed by atoms with Gasteiger partial charge in [-0.15, -0.1) is 0 Å². The number of nitrogens with one attached hydrogen (secondary N) is 1. The third-order valence-electron chi connectivity index (χ3n) is 4.92. The summed E-state index contributed by atoms with van der Waals surface area (Å²) in [6.07, 6.45) is 1.71. The molecule has 0 bridgehead atoms. The van der Waals surface area contributed by atoms with E-state index in [1.807, 2.05) is 31.2 Å². The van der Waals surface area contributed by atoms with Crippen LogP contribution in [0.1, 0.15) is 23.9 Å². The van der Waals surface area contributed by atoms with Gasteiger partial charge in [0.05, 0.1) is 33.7 Å². The van der Waals surface area contributed by atoms with Gasteiger partial charge in [0.1, 0.15) is 18.5 Å². The average Bonchev–Trinajstić information content (AvgIpc) is 3.26. The second-order valence-electron chi connectivity index (χ2n) is 7.09. The van der Waals surface area contributed by atoms with Crippen molar-refractivity contribution in [2.75, 3.05) is 6.61 Å². The number of benzene rings is 3. The molecule has 0 atom stereocenters. The predicted octanol–water partition coefficient (Wildman–Crippen LogP) is 5.51. The molecular weight excluding hydrogens is 420 g/mol. The Morgan fingerprint density at radius 1 is 1.12 bits per heavy atom. The maximum Gasteiger partial charge on any atom is 0.276 e. The van der Waals surface area contributed by atoms with Crippen LogP contribution >= 0.6 is 0 Å². The minimum Gasteiger partial charge on any atom is -0.490 e. The molecule has 0 aliphatic carbocycles. The summed E-state index contributed by atoms with van der Waals surface area (Å²) in [5, 5.41) is 20.9. The number of imidazole rings is 1. The number of aromatic amines is 1. The van der Waals surface area contributed by atoms with Crippen molar-refractivity contribution >= 4 is 28.4 Å². The second kappa shape index (κ2) is 9.66. The van der Waals surface area contributed by atoms with Crippen LogP contribution in [0.3, 0.4) is 0 Å². The van der Waals surface area contributed by atoms with E-state index < -0.39 is 4.92 Å². The Bertz CT molecular complexity index is 1350. The van der Waals surface area contributed by atoms with E-state index in [0.29, 0.717) is 35.1 Å². The highest BCUT2D eigenvalue weighted by Gasteiger charge is 2.15. The predicted molar refractivity (Wildman–Crippen MR) is 125 cm³/mol. The van der Waals surface area contributed by atoms with E-state index in [1.165, 1.54) is 6.07 Å². The molecule has 4 aromatic rings. The summed E-state index contributed by atoms with van der Waals surface area (Å²) in [5.74, 6) is 1.41. The summed E-state index contributed by atoms with van der Waals surface area (Å²) >= 11 is 0. The highest BCUT2D eigenvalue weighted by Crippen LogP contribution is 2.31. The molecule has 0 aliphatic rings. The summed E-state index contributed by atoms with van der Waals surface area (Å²) in [4.78, 5) is 18.4. The lowest BCUT2D eigenvalue weighted by Crippen LogP contribution is -2.02. The van der Waals surface area contributed by atoms with Gasteiger partial charge in [0.25, 0.3) is 5.69 Å². The molecular formula is C25H20N4O4. The van der Waals surface area contributed by atoms with E-state index in [0.717, 1.165) is 16.6 Å². The number of hydrogen-bond donors (Lipinski definition) is 1. The van der Waals surface area contributed by atoms with Crippen molar-refractivity contribution in [1.82, 2.24) is 9.97 Å². The number of nitro groups is 1. The number of rotatable bonds is 8. The standard InChI is InChI=1S/C25H20N4O4/c1-2-32-24-14-17(13-19(15-26)25-27-20-8-4-5-9-21(20)28-25)11-12-23(24)33-16-18-7-3-6-10-22(18)29(30)31/h3-14H,2,16H2,1H3,(H,27,28). The Morgan fingerprint density at radius 2 is 1.91 bits per heavy atom. The zero-order valence-corrected chi connectivity index (χ0v) is 17.8. The Labute approximate surface area is 189 Å². The van der Waals surface area contributed by atoms with Gasteiger partial charge in [-0.05, 0) is 48.9 Å². The summed E-state index contributed by atoms with van der Waals surface area (Å²) in [6.45, 7) is 2.28. The normalized spacial score (nSPS) is 11.2. The van der Waals surface area contributed by atoms with Crippen LogP contribution in [0.2, 0.25) is 0 Å². The molecule has 3 aromatic carbocycles. The maximum atomic E-state index is 11.2. The third-order valence-corrected chi connectivity index (χ3v) is 4.92. The zero-order chi connectivity index (χ0) is 23.2. The number of aromatic nitrogens is 2. The fourth-order valence-electron chi connectivity index (χ4n) is 3.37. The Kier molecular flexibility index (Phi) is 6.32. The van der Waals surface area contributed by atoms with Crippen molar-refractivity contribution < 1.29 is 14.4 Å². The fourth-order valence-corrected chi connectivity index (χ4v) is 3.37. The summed E-state index contributed by atoms with van der Waals surface area (Å²) in [5.41, 5.74) is 3.20. The number of para-hydroxylation sites is 3. The molecule has 8 heteroatoms. The summed E-state index contributed by atoms with van der Waals surface area (Å²) < 4.78 is 11.6. The Hall–Kier alpha value is -4.64. The lowest BCUT2D eigenvalue weighted by molar-refractivity contribution is -0.385. The van der Waals surface area contributed by atoms with Crippen molar-refractivity contribution in [1.29, 1.82) is 5.26 Å². The van der Waals surface area contributed by atoms with Gasteiger partial charge in [0.2, 0.25) is 0 Å². The second-order valence-corrected chi connectivity index (χ2v) is 7.09. The topological polar surface area (TPSA) is 114 Å². The first-order valence-electron chi connectivity index (χ1n) is 10.3. The van der Waals surface area contributed by atoms with E-state index in [4.69, 9.17) is 9.47 Å². The number of allylic oxidation sites excluding steroid dienone is 1. The number of ether oxygens (including phenoxy) is 2. The maximum absolute atomic E-state index is 11.2. The molecule has 0 saturated carbocycles. The van der Waals surface area contributed by atoms with Crippen LogP contribution in [0.15, 0.2) is 66.7 Å². The Balaban J connectivity index is 1.61. The van der Waals surface area contributed by atoms with E-state index in [9.17, 15) is 15.4 Å². The molecule has 0 unspecified atom stereocenters. The van der Waals surface area contributed by atoms with Crippen LogP contribution in [-0.4, -0.2) is 21.5 Å². The number of fused-ring (bicyclic) bond motifs is 1. The molecule has 1 N–H and O–H groups in total. The zero-order valence-electron chi connectivity index (χ0n) is 17.8. The van der Waals surface area contributed by atoms with Crippen LogP contribution in [0.25, 0.3) is 22.7 Å². The van der Waals surface area contributed by atoms with Gasteiger partial charge < -0.3 is 14.5 Å². The number of nitro benzene ring substituents is 1. The van der Waals surface area contributed by atoms with Crippen molar-refractivity contribution in [3.63, 3.8) is 0 Å². The van der Waals surface area contributed by atoms with Crippen molar-refractivity contribution in [2.24, 2.45) is 0 Å².